The molecule has 0 saturated heterocycles. The van der Waals surface area contributed by atoms with Gasteiger partial charge in [-0.2, -0.15) is 0 Å². The highest BCUT2D eigenvalue weighted by molar-refractivity contribution is 5.87. The van der Waals surface area contributed by atoms with E-state index in [0.717, 1.165) is 34.5 Å². The van der Waals surface area contributed by atoms with Crippen molar-refractivity contribution < 1.29 is 8.78 Å². The Balaban J connectivity index is 1.65. The molecule has 4 rings (SSSR count). The summed E-state index contributed by atoms with van der Waals surface area (Å²) in [7, 11) is 0. The third-order valence-electron chi connectivity index (χ3n) is 4.69. The Morgan fingerprint density at radius 1 is 0.821 bits per heavy atom. The number of benzene rings is 3. The summed E-state index contributed by atoms with van der Waals surface area (Å²) < 4.78 is 26.8. The van der Waals surface area contributed by atoms with Crippen molar-refractivity contribution in [2.75, 3.05) is 10.6 Å². The highest BCUT2D eigenvalue weighted by Gasteiger charge is 2.23. The fourth-order valence-corrected chi connectivity index (χ4v) is 3.34. The SMILES string of the molecule is C[C@H](Nc1c(Nc2cc(F)cc(F)c2)c(=O)c1=O)c1cccc2ccccc12. The van der Waals surface area contributed by atoms with Gasteiger partial charge in [-0.05, 0) is 35.4 Å². The average Bonchev–Trinajstić information content (AvgIpc) is 2.69. The van der Waals surface area contributed by atoms with Gasteiger partial charge in [-0.15, -0.1) is 0 Å². The summed E-state index contributed by atoms with van der Waals surface area (Å²) in [5, 5.41) is 7.81. The van der Waals surface area contributed by atoms with E-state index in [1.165, 1.54) is 0 Å². The van der Waals surface area contributed by atoms with E-state index in [0.29, 0.717) is 0 Å². The molecular formula is C22H16F2N2O2. The predicted molar refractivity (Wildman–Crippen MR) is 107 cm³/mol. The molecule has 0 heterocycles. The minimum Gasteiger partial charge on any atom is -0.373 e. The Kier molecular flexibility index (Phi) is 4.39. The zero-order valence-electron chi connectivity index (χ0n) is 14.9. The lowest BCUT2D eigenvalue weighted by atomic mass is 9.99. The first-order valence-electron chi connectivity index (χ1n) is 8.74. The monoisotopic (exact) mass is 378 g/mol. The highest BCUT2D eigenvalue weighted by Crippen LogP contribution is 2.29. The molecule has 0 spiro atoms. The van der Waals surface area contributed by atoms with Crippen LogP contribution in [0.5, 0.6) is 0 Å². The molecule has 0 radical (unpaired) electrons. The van der Waals surface area contributed by atoms with Crippen LogP contribution >= 0.6 is 0 Å². The fourth-order valence-electron chi connectivity index (χ4n) is 3.34. The van der Waals surface area contributed by atoms with Gasteiger partial charge in [0.25, 0.3) is 10.9 Å². The van der Waals surface area contributed by atoms with E-state index < -0.39 is 22.5 Å². The molecule has 0 bridgehead atoms. The quantitative estimate of drug-likeness (QED) is 0.497. The van der Waals surface area contributed by atoms with Gasteiger partial charge in [0.15, 0.2) is 0 Å². The van der Waals surface area contributed by atoms with Crippen LogP contribution in [0.2, 0.25) is 0 Å². The zero-order chi connectivity index (χ0) is 19.8. The van der Waals surface area contributed by atoms with Gasteiger partial charge in [-0.1, -0.05) is 42.5 Å². The normalized spacial score (nSPS) is 12.2. The molecule has 4 aromatic rings. The molecule has 1 atom stereocenters. The fraction of sp³-hybridized carbons (Fsp3) is 0.0909. The number of fused-ring (bicyclic) bond motifs is 1. The predicted octanol–water partition coefficient (Wildman–Crippen LogP) is 4.63. The van der Waals surface area contributed by atoms with E-state index in [1.807, 2.05) is 49.4 Å². The van der Waals surface area contributed by atoms with Crippen LogP contribution in [0, 0.1) is 11.6 Å². The number of anilines is 3. The smallest absolute Gasteiger partial charge is 0.253 e. The van der Waals surface area contributed by atoms with E-state index >= 15 is 0 Å². The minimum atomic E-state index is -0.778. The van der Waals surface area contributed by atoms with Crippen molar-refractivity contribution in [2.45, 2.75) is 13.0 Å². The van der Waals surface area contributed by atoms with Gasteiger partial charge in [0.1, 0.15) is 23.0 Å². The van der Waals surface area contributed by atoms with Crippen molar-refractivity contribution >= 4 is 27.8 Å². The first-order chi connectivity index (χ1) is 13.4. The van der Waals surface area contributed by atoms with Crippen molar-refractivity contribution in [1.82, 2.24) is 0 Å². The third-order valence-corrected chi connectivity index (χ3v) is 4.69. The second-order valence-corrected chi connectivity index (χ2v) is 6.63. The molecule has 0 unspecified atom stereocenters. The van der Waals surface area contributed by atoms with Gasteiger partial charge in [0.05, 0.1) is 0 Å². The highest BCUT2D eigenvalue weighted by atomic mass is 19.1. The van der Waals surface area contributed by atoms with Crippen LogP contribution in [0.4, 0.5) is 25.8 Å². The molecular weight excluding hydrogens is 362 g/mol. The lowest BCUT2D eigenvalue weighted by molar-refractivity contribution is 0.584. The first kappa shape index (κ1) is 17.9. The molecule has 4 nitrogen and oxygen atoms in total. The lowest BCUT2D eigenvalue weighted by Crippen LogP contribution is -2.37. The molecule has 2 N–H and O–H groups in total. The molecule has 28 heavy (non-hydrogen) atoms. The van der Waals surface area contributed by atoms with E-state index in [4.69, 9.17) is 0 Å². The summed E-state index contributed by atoms with van der Waals surface area (Å²) in [6.45, 7) is 1.88. The largest absolute Gasteiger partial charge is 0.373 e. The Morgan fingerprint density at radius 2 is 1.46 bits per heavy atom. The Bertz CT molecular complexity index is 1230. The molecule has 0 aromatic heterocycles. The number of halogens is 2. The van der Waals surface area contributed by atoms with E-state index in [-0.39, 0.29) is 23.1 Å². The molecule has 0 aliphatic carbocycles. The summed E-state index contributed by atoms with van der Waals surface area (Å²) in [5.74, 6) is -1.56. The number of rotatable bonds is 5. The van der Waals surface area contributed by atoms with Crippen LogP contribution in [0.3, 0.4) is 0 Å². The topological polar surface area (TPSA) is 58.2 Å². The maximum Gasteiger partial charge on any atom is 0.253 e. The summed E-state index contributed by atoms with van der Waals surface area (Å²) in [4.78, 5) is 24.0. The standard InChI is InChI=1S/C22H16F2N2O2/c1-12(17-8-4-6-13-5-2-3-7-18(13)17)25-19-20(22(28)21(19)27)26-16-10-14(23)9-15(24)11-16/h2-12,25-26H,1H3/t12-/m0/s1. The van der Waals surface area contributed by atoms with Crippen molar-refractivity contribution in [3.05, 3.63) is 98.3 Å². The molecule has 0 aliphatic heterocycles. The number of nitrogens with one attached hydrogen (secondary N) is 2. The summed E-state index contributed by atoms with van der Waals surface area (Å²) in [6, 6.07) is 16.3. The van der Waals surface area contributed by atoms with Crippen molar-refractivity contribution in [2.24, 2.45) is 0 Å². The maximum absolute atomic E-state index is 13.4. The van der Waals surface area contributed by atoms with Crippen molar-refractivity contribution in [1.29, 1.82) is 0 Å². The number of hydrogen-bond acceptors (Lipinski definition) is 4. The van der Waals surface area contributed by atoms with Crippen LogP contribution in [0.25, 0.3) is 10.8 Å². The van der Waals surface area contributed by atoms with E-state index in [9.17, 15) is 18.4 Å². The zero-order valence-corrected chi connectivity index (χ0v) is 14.9. The van der Waals surface area contributed by atoms with Crippen LogP contribution in [-0.2, 0) is 0 Å². The van der Waals surface area contributed by atoms with Crippen LogP contribution < -0.4 is 21.5 Å². The van der Waals surface area contributed by atoms with Crippen molar-refractivity contribution in [3.8, 4) is 0 Å². The van der Waals surface area contributed by atoms with Gasteiger partial charge in [0, 0.05) is 17.8 Å². The Labute approximate surface area is 159 Å². The second kappa shape index (κ2) is 6.88. The Morgan fingerprint density at radius 3 is 2.21 bits per heavy atom. The van der Waals surface area contributed by atoms with Gasteiger partial charge in [-0.25, -0.2) is 8.78 Å². The molecule has 0 amide bonds. The third kappa shape index (κ3) is 3.13. The molecule has 0 saturated carbocycles. The summed E-state index contributed by atoms with van der Waals surface area (Å²) in [6.07, 6.45) is 0. The van der Waals surface area contributed by atoms with Gasteiger partial charge >= 0.3 is 0 Å². The average molecular weight is 378 g/mol. The second-order valence-electron chi connectivity index (χ2n) is 6.63. The van der Waals surface area contributed by atoms with E-state index in [2.05, 4.69) is 10.6 Å². The minimum absolute atomic E-state index is 0.00193. The van der Waals surface area contributed by atoms with Crippen LogP contribution in [-0.4, -0.2) is 0 Å². The number of hydrogen-bond donors (Lipinski definition) is 2. The molecule has 0 fully saturated rings. The summed E-state index contributed by atoms with van der Waals surface area (Å²) >= 11 is 0. The van der Waals surface area contributed by atoms with Gasteiger partial charge in [-0.3, -0.25) is 9.59 Å². The first-order valence-corrected chi connectivity index (χ1v) is 8.74. The summed E-state index contributed by atoms with van der Waals surface area (Å²) in [5.41, 5.74) is -0.250. The van der Waals surface area contributed by atoms with Gasteiger partial charge in [0.2, 0.25) is 0 Å². The Hall–Kier alpha value is -3.54. The maximum atomic E-state index is 13.4. The van der Waals surface area contributed by atoms with Crippen LogP contribution in [0.15, 0.2) is 70.3 Å². The van der Waals surface area contributed by atoms with Crippen LogP contribution in [0.1, 0.15) is 18.5 Å². The van der Waals surface area contributed by atoms with Gasteiger partial charge < -0.3 is 10.6 Å². The van der Waals surface area contributed by atoms with Crippen molar-refractivity contribution in [3.63, 3.8) is 0 Å². The molecule has 4 aromatic carbocycles. The molecule has 140 valence electrons. The van der Waals surface area contributed by atoms with E-state index in [1.54, 1.807) is 0 Å². The molecule has 6 heteroatoms. The molecule has 0 aliphatic rings. The lowest BCUT2D eigenvalue weighted by Gasteiger charge is -2.21.